The number of ether oxygens (including phenoxy) is 1. The quantitative estimate of drug-likeness (QED) is 0.656. The zero-order valence-corrected chi connectivity index (χ0v) is 11.9. The van der Waals surface area contributed by atoms with Crippen molar-refractivity contribution in [2.45, 2.75) is 63.9 Å². The summed E-state index contributed by atoms with van der Waals surface area (Å²) in [7, 11) is 1.44. The summed E-state index contributed by atoms with van der Waals surface area (Å²) in [6.07, 6.45) is 2.20. The average molecular weight is 270 g/mol. The SMILES string of the molecule is COC1CCC(C#CC2CCC(C)CC2)C(F)C1F. The molecule has 108 valence electrons. The van der Waals surface area contributed by atoms with Gasteiger partial charge in [0.1, 0.15) is 6.17 Å². The first-order valence-corrected chi connectivity index (χ1v) is 7.43. The van der Waals surface area contributed by atoms with Crippen molar-refractivity contribution >= 4 is 0 Å². The van der Waals surface area contributed by atoms with E-state index in [-0.39, 0.29) is 0 Å². The highest BCUT2D eigenvalue weighted by atomic mass is 19.2. The second kappa shape index (κ2) is 6.70. The van der Waals surface area contributed by atoms with Crippen LogP contribution in [0.25, 0.3) is 0 Å². The lowest BCUT2D eigenvalue weighted by molar-refractivity contribution is -0.0454. The molecule has 1 nitrogen and oxygen atoms in total. The summed E-state index contributed by atoms with van der Waals surface area (Å²) < 4.78 is 32.6. The van der Waals surface area contributed by atoms with E-state index in [1.165, 1.54) is 20.0 Å². The van der Waals surface area contributed by atoms with Crippen molar-refractivity contribution in [3.8, 4) is 11.8 Å². The zero-order chi connectivity index (χ0) is 13.8. The Balaban J connectivity index is 1.89. The van der Waals surface area contributed by atoms with Crippen LogP contribution in [0.2, 0.25) is 0 Å². The molecule has 3 heteroatoms. The van der Waals surface area contributed by atoms with Gasteiger partial charge in [-0.3, -0.25) is 0 Å². The lowest BCUT2D eigenvalue weighted by Crippen LogP contribution is -2.41. The number of hydrogen-bond donors (Lipinski definition) is 0. The molecule has 0 N–H and O–H groups in total. The van der Waals surface area contributed by atoms with Gasteiger partial charge in [0.25, 0.3) is 0 Å². The lowest BCUT2D eigenvalue weighted by atomic mass is 9.81. The molecule has 0 aromatic rings. The van der Waals surface area contributed by atoms with E-state index >= 15 is 0 Å². The van der Waals surface area contributed by atoms with E-state index in [9.17, 15) is 8.78 Å². The Bertz CT molecular complexity index is 338. The first-order valence-electron chi connectivity index (χ1n) is 7.43. The summed E-state index contributed by atoms with van der Waals surface area (Å²) in [6, 6.07) is 0. The van der Waals surface area contributed by atoms with Crippen molar-refractivity contribution in [3.63, 3.8) is 0 Å². The maximum Gasteiger partial charge on any atom is 0.158 e. The third-order valence-electron chi connectivity index (χ3n) is 4.60. The molecule has 2 aliphatic carbocycles. The Morgan fingerprint density at radius 1 is 0.895 bits per heavy atom. The van der Waals surface area contributed by atoms with Gasteiger partial charge in [-0.2, -0.15) is 0 Å². The van der Waals surface area contributed by atoms with Crippen LogP contribution in [0, 0.1) is 29.6 Å². The van der Waals surface area contributed by atoms with Crippen LogP contribution < -0.4 is 0 Å². The molecule has 2 saturated carbocycles. The summed E-state index contributed by atoms with van der Waals surface area (Å²) in [6.45, 7) is 2.26. The molecule has 0 aromatic carbocycles. The Hall–Kier alpha value is -0.620. The summed E-state index contributed by atoms with van der Waals surface area (Å²) in [5, 5.41) is 0. The van der Waals surface area contributed by atoms with E-state index < -0.39 is 24.4 Å². The standard InChI is InChI=1S/C16H24F2O/c1-11-3-5-12(6-4-11)7-8-13-9-10-14(19-2)16(18)15(13)17/h11-16H,3-6,9-10H2,1-2H3. The summed E-state index contributed by atoms with van der Waals surface area (Å²) in [5.41, 5.74) is 0. The van der Waals surface area contributed by atoms with Crippen molar-refractivity contribution in [2.75, 3.05) is 7.11 Å². The molecule has 0 aliphatic heterocycles. The minimum absolute atomic E-state index is 0.390. The van der Waals surface area contributed by atoms with Crippen molar-refractivity contribution in [2.24, 2.45) is 17.8 Å². The highest BCUT2D eigenvalue weighted by molar-refractivity contribution is 5.12. The third kappa shape index (κ3) is 3.69. The minimum Gasteiger partial charge on any atom is -0.378 e. The van der Waals surface area contributed by atoms with E-state index in [4.69, 9.17) is 4.74 Å². The van der Waals surface area contributed by atoms with Crippen molar-refractivity contribution in [3.05, 3.63) is 0 Å². The average Bonchev–Trinajstić information content (AvgIpc) is 2.42. The van der Waals surface area contributed by atoms with Crippen LogP contribution in [-0.4, -0.2) is 25.6 Å². The smallest absolute Gasteiger partial charge is 0.158 e. The second-order valence-electron chi connectivity index (χ2n) is 6.09. The largest absolute Gasteiger partial charge is 0.378 e. The van der Waals surface area contributed by atoms with Gasteiger partial charge in [0.05, 0.1) is 12.0 Å². The van der Waals surface area contributed by atoms with E-state index in [1.54, 1.807) is 0 Å². The van der Waals surface area contributed by atoms with Crippen molar-refractivity contribution in [1.29, 1.82) is 0 Å². The fourth-order valence-corrected chi connectivity index (χ4v) is 3.12. The second-order valence-corrected chi connectivity index (χ2v) is 6.09. The van der Waals surface area contributed by atoms with Crippen LogP contribution in [-0.2, 0) is 4.74 Å². The van der Waals surface area contributed by atoms with Gasteiger partial charge in [0, 0.05) is 13.0 Å². The molecule has 0 saturated heterocycles. The molecule has 19 heavy (non-hydrogen) atoms. The number of hydrogen-bond acceptors (Lipinski definition) is 1. The number of alkyl halides is 2. The number of halogens is 2. The molecule has 2 rings (SSSR count). The predicted molar refractivity (Wildman–Crippen MR) is 72.2 cm³/mol. The molecule has 2 fully saturated rings. The van der Waals surface area contributed by atoms with Crippen LogP contribution >= 0.6 is 0 Å². The van der Waals surface area contributed by atoms with Crippen molar-refractivity contribution in [1.82, 2.24) is 0 Å². The number of rotatable bonds is 1. The van der Waals surface area contributed by atoms with Crippen LogP contribution in [0.3, 0.4) is 0 Å². The summed E-state index contributed by atoms with van der Waals surface area (Å²) in [5.74, 6) is 6.95. The molecule has 0 bridgehead atoms. The molecule has 0 radical (unpaired) electrons. The van der Waals surface area contributed by atoms with E-state index in [1.807, 2.05) is 0 Å². The van der Waals surface area contributed by atoms with Crippen LogP contribution in [0.5, 0.6) is 0 Å². The number of methoxy groups -OCH3 is 1. The maximum absolute atomic E-state index is 13.9. The predicted octanol–water partition coefficient (Wildman–Crippen LogP) is 3.92. The van der Waals surface area contributed by atoms with Crippen LogP contribution in [0.4, 0.5) is 8.78 Å². The molecule has 4 atom stereocenters. The Morgan fingerprint density at radius 2 is 1.58 bits per heavy atom. The molecule has 0 amide bonds. The molecular weight excluding hydrogens is 246 g/mol. The molecule has 0 spiro atoms. The van der Waals surface area contributed by atoms with Crippen LogP contribution in [0.1, 0.15) is 45.4 Å². The van der Waals surface area contributed by atoms with Crippen molar-refractivity contribution < 1.29 is 13.5 Å². The maximum atomic E-state index is 13.9. The van der Waals surface area contributed by atoms with E-state index in [2.05, 4.69) is 18.8 Å². The minimum atomic E-state index is -1.52. The van der Waals surface area contributed by atoms with E-state index in [0.717, 1.165) is 18.8 Å². The van der Waals surface area contributed by atoms with Gasteiger partial charge in [0.15, 0.2) is 6.17 Å². The lowest BCUT2D eigenvalue weighted by Gasteiger charge is -2.31. The molecule has 4 unspecified atom stereocenters. The molecule has 0 aromatic heterocycles. The summed E-state index contributed by atoms with van der Waals surface area (Å²) >= 11 is 0. The van der Waals surface area contributed by atoms with E-state index in [0.29, 0.717) is 18.8 Å². The fraction of sp³-hybridized carbons (Fsp3) is 0.875. The third-order valence-corrected chi connectivity index (χ3v) is 4.60. The molecular formula is C16H24F2O. The first-order chi connectivity index (χ1) is 9.11. The fourth-order valence-electron chi connectivity index (χ4n) is 3.12. The molecule has 0 heterocycles. The first kappa shape index (κ1) is 14.8. The van der Waals surface area contributed by atoms with Gasteiger partial charge in [-0.15, -0.1) is 0 Å². The Labute approximate surface area is 115 Å². The van der Waals surface area contributed by atoms with Gasteiger partial charge in [-0.25, -0.2) is 8.78 Å². The van der Waals surface area contributed by atoms with Gasteiger partial charge >= 0.3 is 0 Å². The van der Waals surface area contributed by atoms with Gasteiger partial charge in [-0.05, 0) is 44.4 Å². The highest BCUT2D eigenvalue weighted by Gasteiger charge is 2.39. The van der Waals surface area contributed by atoms with Gasteiger partial charge in [0.2, 0.25) is 0 Å². The highest BCUT2D eigenvalue weighted by Crippen LogP contribution is 2.32. The molecule has 2 aliphatic rings. The Morgan fingerprint density at radius 3 is 2.21 bits per heavy atom. The Kier molecular flexibility index (Phi) is 5.21. The normalized spacial score (nSPS) is 43.4. The summed E-state index contributed by atoms with van der Waals surface area (Å²) in [4.78, 5) is 0. The monoisotopic (exact) mass is 270 g/mol. The van der Waals surface area contributed by atoms with Gasteiger partial charge < -0.3 is 4.74 Å². The zero-order valence-electron chi connectivity index (χ0n) is 11.9. The van der Waals surface area contributed by atoms with Crippen LogP contribution in [0.15, 0.2) is 0 Å². The topological polar surface area (TPSA) is 9.23 Å². The van der Waals surface area contributed by atoms with Gasteiger partial charge in [-0.1, -0.05) is 18.8 Å².